The van der Waals surface area contributed by atoms with Crippen molar-refractivity contribution in [3.8, 4) is 0 Å². The van der Waals surface area contributed by atoms with Gasteiger partial charge in [0.15, 0.2) is 5.58 Å². The lowest BCUT2D eigenvalue weighted by molar-refractivity contribution is -0.127. The van der Waals surface area contributed by atoms with E-state index in [1.807, 2.05) is 23.1 Å². The van der Waals surface area contributed by atoms with Crippen LogP contribution in [0.3, 0.4) is 0 Å². The van der Waals surface area contributed by atoms with E-state index in [1.54, 1.807) is 25.2 Å². The predicted molar refractivity (Wildman–Crippen MR) is 99.0 cm³/mol. The van der Waals surface area contributed by atoms with Crippen molar-refractivity contribution in [2.24, 2.45) is 0 Å². The van der Waals surface area contributed by atoms with Gasteiger partial charge in [0.25, 0.3) is 0 Å². The van der Waals surface area contributed by atoms with Crippen LogP contribution in [0.5, 0.6) is 0 Å². The molecular formula is C19H18ClN3O3. The molecule has 0 spiro atoms. The third-order valence-electron chi connectivity index (χ3n) is 4.85. The van der Waals surface area contributed by atoms with Gasteiger partial charge in [0.05, 0.1) is 18.2 Å². The van der Waals surface area contributed by atoms with Gasteiger partial charge in [0.1, 0.15) is 0 Å². The quantitative estimate of drug-likeness (QED) is 0.767. The number of benzene rings is 2. The van der Waals surface area contributed by atoms with Crippen molar-refractivity contribution >= 4 is 28.6 Å². The van der Waals surface area contributed by atoms with E-state index >= 15 is 0 Å². The number of carbonyl (C=O) groups excluding carboxylic acids is 1. The number of aromatic nitrogens is 1. The highest BCUT2D eigenvalue weighted by Gasteiger charge is 2.31. The summed E-state index contributed by atoms with van der Waals surface area (Å²) < 4.78 is 6.83. The van der Waals surface area contributed by atoms with Crippen LogP contribution in [0.15, 0.2) is 51.7 Å². The minimum absolute atomic E-state index is 0.0709. The topological polar surface area (TPSA) is 67.5 Å². The summed E-state index contributed by atoms with van der Waals surface area (Å²) in [6.45, 7) is 0.826. The maximum absolute atomic E-state index is 12.4. The zero-order chi connectivity index (χ0) is 18.3. The molecule has 1 aliphatic heterocycles. The Morgan fingerprint density at radius 2 is 2.04 bits per heavy atom. The van der Waals surface area contributed by atoms with Gasteiger partial charge in [-0.25, -0.2) is 4.79 Å². The number of nitrogens with one attached hydrogen (secondary N) is 1. The molecule has 1 atom stereocenters. The average Bonchev–Trinajstić information content (AvgIpc) is 2.95. The van der Waals surface area contributed by atoms with Crippen LogP contribution in [0, 0.1) is 0 Å². The Morgan fingerprint density at radius 1 is 1.27 bits per heavy atom. The number of hydrogen-bond acceptors (Lipinski definition) is 4. The molecule has 1 aromatic heterocycles. The molecule has 3 aromatic rings. The summed E-state index contributed by atoms with van der Waals surface area (Å²) in [6.07, 6.45) is 0.598. The Kier molecular flexibility index (Phi) is 4.30. The van der Waals surface area contributed by atoms with Gasteiger partial charge in [-0.2, -0.15) is 0 Å². The number of halogens is 1. The number of hydrogen-bond donors (Lipinski definition) is 1. The first kappa shape index (κ1) is 16.9. The molecule has 0 unspecified atom stereocenters. The monoisotopic (exact) mass is 371 g/mol. The van der Waals surface area contributed by atoms with Gasteiger partial charge in [0.2, 0.25) is 5.91 Å². The van der Waals surface area contributed by atoms with Crippen molar-refractivity contribution in [2.75, 3.05) is 7.05 Å². The number of likely N-dealkylation sites (N-methyl/N-ethyl adjacent to an activating group) is 1. The van der Waals surface area contributed by atoms with E-state index in [-0.39, 0.29) is 18.6 Å². The van der Waals surface area contributed by atoms with Crippen LogP contribution in [0.25, 0.3) is 11.1 Å². The van der Waals surface area contributed by atoms with Crippen LogP contribution in [-0.4, -0.2) is 28.5 Å². The number of oxazole rings is 1. The highest BCUT2D eigenvalue weighted by molar-refractivity contribution is 6.31. The number of rotatable bonds is 3. The van der Waals surface area contributed by atoms with Gasteiger partial charge in [-0.1, -0.05) is 35.9 Å². The van der Waals surface area contributed by atoms with Crippen LogP contribution in [0.2, 0.25) is 5.02 Å². The molecule has 6 nitrogen and oxygen atoms in total. The highest BCUT2D eigenvalue weighted by atomic mass is 35.5. The van der Waals surface area contributed by atoms with Crippen LogP contribution in [0.1, 0.15) is 11.1 Å². The first-order valence-corrected chi connectivity index (χ1v) is 8.76. The Morgan fingerprint density at radius 3 is 2.81 bits per heavy atom. The summed E-state index contributed by atoms with van der Waals surface area (Å²) in [5, 5.41) is 3.25. The lowest BCUT2D eigenvalue weighted by Gasteiger charge is -2.35. The molecule has 1 amide bonds. The SMILES string of the molecule is CNC(=O)[C@@H]1Cc2ccccc2CN1Cn1c(=O)oc2ccc(Cl)cc21. The molecule has 0 fully saturated rings. The number of nitrogens with zero attached hydrogens (tertiary/aromatic N) is 2. The van der Waals surface area contributed by atoms with E-state index in [9.17, 15) is 9.59 Å². The predicted octanol–water partition coefficient (Wildman–Crippen LogP) is 2.38. The number of fused-ring (bicyclic) bond motifs is 2. The lowest BCUT2D eigenvalue weighted by atomic mass is 9.94. The van der Waals surface area contributed by atoms with Gasteiger partial charge in [-0.15, -0.1) is 0 Å². The summed E-state index contributed by atoms with van der Waals surface area (Å²) in [4.78, 5) is 26.8. The molecule has 0 aliphatic carbocycles. The average molecular weight is 372 g/mol. The second-order valence-electron chi connectivity index (χ2n) is 6.40. The van der Waals surface area contributed by atoms with Crippen molar-refractivity contribution < 1.29 is 9.21 Å². The Balaban J connectivity index is 1.74. The fraction of sp³-hybridized carbons (Fsp3) is 0.263. The third-order valence-corrected chi connectivity index (χ3v) is 5.08. The number of carbonyl (C=O) groups is 1. The fourth-order valence-electron chi connectivity index (χ4n) is 3.50. The lowest BCUT2D eigenvalue weighted by Crippen LogP contribution is -2.50. The van der Waals surface area contributed by atoms with Crippen molar-refractivity contribution in [1.82, 2.24) is 14.8 Å². The van der Waals surface area contributed by atoms with E-state index in [1.165, 1.54) is 4.57 Å². The van der Waals surface area contributed by atoms with E-state index in [0.717, 1.165) is 11.1 Å². The normalized spacial score (nSPS) is 17.2. The summed E-state index contributed by atoms with van der Waals surface area (Å²) >= 11 is 6.08. The molecule has 26 heavy (non-hydrogen) atoms. The van der Waals surface area contributed by atoms with Crippen LogP contribution < -0.4 is 11.1 Å². The summed E-state index contributed by atoms with van der Waals surface area (Å²) in [6, 6.07) is 12.8. The summed E-state index contributed by atoms with van der Waals surface area (Å²) in [5.41, 5.74) is 3.42. The minimum atomic E-state index is -0.461. The van der Waals surface area contributed by atoms with E-state index in [0.29, 0.717) is 29.1 Å². The Bertz CT molecular complexity index is 1040. The van der Waals surface area contributed by atoms with Gasteiger partial charge in [-0.05, 0) is 35.7 Å². The Labute approximate surface area is 155 Å². The molecule has 1 N–H and O–H groups in total. The molecule has 0 radical (unpaired) electrons. The first-order chi connectivity index (χ1) is 12.6. The molecule has 2 aromatic carbocycles. The van der Waals surface area contributed by atoms with Crippen molar-refractivity contribution in [3.05, 3.63) is 69.2 Å². The maximum atomic E-state index is 12.4. The van der Waals surface area contributed by atoms with E-state index < -0.39 is 5.76 Å². The van der Waals surface area contributed by atoms with Crippen LogP contribution in [0.4, 0.5) is 0 Å². The van der Waals surface area contributed by atoms with E-state index in [4.69, 9.17) is 16.0 Å². The second-order valence-corrected chi connectivity index (χ2v) is 6.84. The standard InChI is InChI=1S/C19H18ClN3O3/c1-21-18(24)16-8-12-4-2-3-5-13(12)10-22(16)11-23-15-9-14(20)6-7-17(15)26-19(23)25/h2-7,9,16H,8,10-11H2,1H3,(H,21,24)/t16-/m0/s1. The smallest absolute Gasteiger partial charge is 0.408 e. The van der Waals surface area contributed by atoms with Gasteiger partial charge >= 0.3 is 5.76 Å². The zero-order valence-electron chi connectivity index (χ0n) is 14.2. The van der Waals surface area contributed by atoms with Crippen molar-refractivity contribution in [3.63, 3.8) is 0 Å². The first-order valence-electron chi connectivity index (χ1n) is 8.38. The van der Waals surface area contributed by atoms with E-state index in [2.05, 4.69) is 11.4 Å². The third kappa shape index (κ3) is 2.91. The molecule has 7 heteroatoms. The van der Waals surface area contributed by atoms with Gasteiger partial charge in [0, 0.05) is 18.6 Å². The number of amides is 1. The second kappa shape index (κ2) is 6.63. The molecule has 0 bridgehead atoms. The van der Waals surface area contributed by atoms with Crippen molar-refractivity contribution in [2.45, 2.75) is 25.7 Å². The van der Waals surface area contributed by atoms with Gasteiger partial charge in [-0.3, -0.25) is 14.3 Å². The van der Waals surface area contributed by atoms with Gasteiger partial charge < -0.3 is 9.73 Å². The summed E-state index contributed by atoms with van der Waals surface area (Å²) in [5.74, 6) is -0.532. The molecule has 4 rings (SSSR count). The molecule has 0 saturated heterocycles. The molecule has 2 heterocycles. The fourth-order valence-corrected chi connectivity index (χ4v) is 3.67. The minimum Gasteiger partial charge on any atom is -0.408 e. The Hall–Kier alpha value is -2.57. The maximum Gasteiger partial charge on any atom is 0.421 e. The highest BCUT2D eigenvalue weighted by Crippen LogP contribution is 2.25. The summed E-state index contributed by atoms with van der Waals surface area (Å²) in [7, 11) is 1.63. The van der Waals surface area contributed by atoms with Crippen molar-refractivity contribution in [1.29, 1.82) is 0 Å². The molecular weight excluding hydrogens is 354 g/mol. The largest absolute Gasteiger partial charge is 0.421 e. The molecule has 1 aliphatic rings. The van der Waals surface area contributed by atoms with Crippen LogP contribution >= 0.6 is 11.6 Å². The zero-order valence-corrected chi connectivity index (χ0v) is 15.0. The molecule has 0 saturated carbocycles. The molecule has 134 valence electrons. The van der Waals surface area contributed by atoms with Crippen LogP contribution in [-0.2, 0) is 24.4 Å².